The highest BCUT2D eigenvalue weighted by molar-refractivity contribution is 5.90. The Morgan fingerprint density at radius 1 is 1.59 bits per heavy atom. The maximum absolute atomic E-state index is 11.7. The number of hydrogen-bond donors (Lipinski definition) is 2. The summed E-state index contributed by atoms with van der Waals surface area (Å²) in [5.41, 5.74) is 0.197. The number of carbonyl (C=O) groups is 1. The number of amides is 1. The van der Waals surface area contributed by atoms with Gasteiger partial charge >= 0.3 is 0 Å². The molecule has 1 aromatic rings. The van der Waals surface area contributed by atoms with Crippen molar-refractivity contribution >= 4 is 5.91 Å². The smallest absolute Gasteiger partial charge is 0.288 e. The summed E-state index contributed by atoms with van der Waals surface area (Å²) in [6.45, 7) is 5.10. The van der Waals surface area contributed by atoms with Gasteiger partial charge in [0.05, 0.1) is 0 Å². The molecule has 1 aromatic heterocycles. The summed E-state index contributed by atoms with van der Waals surface area (Å²) in [7, 11) is 2.13. The van der Waals surface area contributed by atoms with Gasteiger partial charge in [-0.25, -0.2) is 4.98 Å². The summed E-state index contributed by atoms with van der Waals surface area (Å²) in [5, 5.41) is 9.14. The maximum atomic E-state index is 11.7. The molecule has 0 saturated carbocycles. The van der Waals surface area contributed by atoms with Gasteiger partial charge in [-0.05, 0) is 38.4 Å². The van der Waals surface area contributed by atoms with Crippen LogP contribution in [-0.4, -0.2) is 52.7 Å². The van der Waals surface area contributed by atoms with Gasteiger partial charge in [0.1, 0.15) is 6.33 Å². The molecule has 94 valence electrons. The van der Waals surface area contributed by atoms with Crippen LogP contribution in [0.3, 0.4) is 0 Å². The van der Waals surface area contributed by atoms with Crippen LogP contribution in [-0.2, 0) is 0 Å². The number of piperidine rings is 1. The number of carbonyl (C=O) groups excluding carboxylic acids is 1. The molecular weight excluding hydrogens is 218 g/mol. The van der Waals surface area contributed by atoms with Gasteiger partial charge in [0, 0.05) is 6.54 Å². The average molecular weight is 237 g/mol. The molecule has 0 aliphatic carbocycles. The summed E-state index contributed by atoms with van der Waals surface area (Å²) < 4.78 is 0. The van der Waals surface area contributed by atoms with Crippen LogP contribution in [0.25, 0.3) is 0 Å². The number of aromatic nitrogens is 3. The van der Waals surface area contributed by atoms with Crippen LogP contribution in [0.5, 0.6) is 0 Å². The Hall–Kier alpha value is -1.43. The number of H-pyrrole nitrogens is 1. The van der Waals surface area contributed by atoms with E-state index in [2.05, 4.69) is 39.4 Å². The Labute approximate surface area is 101 Å². The fraction of sp³-hybridized carbons (Fsp3) is 0.727. The third-order valence-corrected chi connectivity index (χ3v) is 3.50. The molecule has 0 radical (unpaired) electrons. The molecule has 0 bridgehead atoms. The highest BCUT2D eigenvalue weighted by Crippen LogP contribution is 2.29. The lowest BCUT2D eigenvalue weighted by molar-refractivity contribution is 0.0882. The van der Waals surface area contributed by atoms with E-state index in [1.54, 1.807) is 0 Å². The normalized spacial score (nSPS) is 20.1. The average Bonchev–Trinajstić information content (AvgIpc) is 2.84. The maximum Gasteiger partial charge on any atom is 0.288 e. The molecule has 2 N–H and O–H groups in total. The number of aromatic amines is 1. The standard InChI is InChI=1S/C11H19N5O/c1-11(3-5-16(2)6-4-11)7-12-10(17)9-13-8-14-15-9/h8H,3-7H2,1-2H3,(H,12,17)(H,13,14,15). The largest absolute Gasteiger partial charge is 0.349 e. The zero-order valence-corrected chi connectivity index (χ0v) is 10.4. The fourth-order valence-electron chi connectivity index (χ4n) is 2.03. The van der Waals surface area contributed by atoms with Gasteiger partial charge in [-0.1, -0.05) is 6.92 Å². The predicted octanol–water partition coefficient (Wildman–Crippen LogP) is 0.266. The summed E-state index contributed by atoms with van der Waals surface area (Å²) in [4.78, 5) is 17.8. The summed E-state index contributed by atoms with van der Waals surface area (Å²) in [6, 6.07) is 0. The molecule has 6 heteroatoms. The van der Waals surface area contributed by atoms with Gasteiger partial charge in [-0.15, -0.1) is 0 Å². The number of rotatable bonds is 3. The van der Waals surface area contributed by atoms with Crippen molar-refractivity contribution in [2.24, 2.45) is 5.41 Å². The highest BCUT2D eigenvalue weighted by Gasteiger charge is 2.29. The lowest BCUT2D eigenvalue weighted by Crippen LogP contribution is -2.43. The van der Waals surface area contributed by atoms with E-state index in [0.717, 1.165) is 25.9 Å². The van der Waals surface area contributed by atoms with E-state index in [-0.39, 0.29) is 17.1 Å². The van der Waals surface area contributed by atoms with Crippen molar-refractivity contribution in [3.63, 3.8) is 0 Å². The van der Waals surface area contributed by atoms with Gasteiger partial charge in [0.25, 0.3) is 5.91 Å². The van der Waals surface area contributed by atoms with Crippen LogP contribution in [0, 0.1) is 5.41 Å². The molecule has 0 unspecified atom stereocenters. The Morgan fingerprint density at radius 2 is 2.29 bits per heavy atom. The van der Waals surface area contributed by atoms with E-state index < -0.39 is 0 Å². The van der Waals surface area contributed by atoms with E-state index in [0.29, 0.717) is 6.54 Å². The minimum Gasteiger partial charge on any atom is -0.349 e. The summed E-state index contributed by atoms with van der Waals surface area (Å²) in [6.07, 6.45) is 3.56. The van der Waals surface area contributed by atoms with E-state index in [9.17, 15) is 4.79 Å². The van der Waals surface area contributed by atoms with Crippen LogP contribution < -0.4 is 5.32 Å². The summed E-state index contributed by atoms with van der Waals surface area (Å²) >= 11 is 0. The number of nitrogens with one attached hydrogen (secondary N) is 2. The first-order valence-corrected chi connectivity index (χ1v) is 5.91. The molecule has 0 atom stereocenters. The highest BCUT2D eigenvalue weighted by atomic mass is 16.2. The molecule has 17 heavy (non-hydrogen) atoms. The fourth-order valence-corrected chi connectivity index (χ4v) is 2.03. The van der Waals surface area contributed by atoms with Gasteiger partial charge in [0.2, 0.25) is 5.82 Å². The van der Waals surface area contributed by atoms with Gasteiger partial charge < -0.3 is 10.2 Å². The number of likely N-dealkylation sites (tertiary alicyclic amines) is 1. The van der Waals surface area contributed by atoms with Crippen molar-refractivity contribution in [2.45, 2.75) is 19.8 Å². The lowest BCUT2D eigenvalue weighted by atomic mass is 9.80. The molecule has 2 rings (SSSR count). The Bertz CT molecular complexity index is 367. The van der Waals surface area contributed by atoms with Crippen LogP contribution in [0.4, 0.5) is 0 Å². The molecule has 1 amide bonds. The monoisotopic (exact) mass is 237 g/mol. The molecule has 6 nitrogen and oxygen atoms in total. The molecule has 2 heterocycles. The molecule has 0 spiro atoms. The summed E-state index contributed by atoms with van der Waals surface area (Å²) in [5.74, 6) is 0.101. The zero-order chi connectivity index (χ0) is 12.3. The minimum absolute atomic E-state index is 0.178. The Balaban J connectivity index is 1.83. The number of hydrogen-bond acceptors (Lipinski definition) is 4. The Kier molecular flexibility index (Phi) is 3.42. The second-order valence-electron chi connectivity index (χ2n) is 5.13. The first-order valence-electron chi connectivity index (χ1n) is 5.91. The minimum atomic E-state index is -0.178. The third kappa shape index (κ3) is 3.03. The van der Waals surface area contributed by atoms with Gasteiger partial charge in [0.15, 0.2) is 0 Å². The van der Waals surface area contributed by atoms with Crippen molar-refractivity contribution in [1.82, 2.24) is 25.4 Å². The van der Waals surface area contributed by atoms with Crippen molar-refractivity contribution in [3.8, 4) is 0 Å². The second-order valence-corrected chi connectivity index (χ2v) is 5.13. The van der Waals surface area contributed by atoms with E-state index in [4.69, 9.17) is 0 Å². The molecule has 1 saturated heterocycles. The zero-order valence-electron chi connectivity index (χ0n) is 10.4. The lowest BCUT2D eigenvalue weighted by Gasteiger charge is -2.37. The van der Waals surface area contributed by atoms with Crippen LogP contribution in [0.1, 0.15) is 30.4 Å². The van der Waals surface area contributed by atoms with Crippen LogP contribution >= 0.6 is 0 Å². The molecule has 1 fully saturated rings. The number of nitrogens with zero attached hydrogens (tertiary/aromatic N) is 3. The molecule has 1 aliphatic rings. The van der Waals surface area contributed by atoms with E-state index in [1.165, 1.54) is 6.33 Å². The molecular formula is C11H19N5O. The third-order valence-electron chi connectivity index (χ3n) is 3.50. The topological polar surface area (TPSA) is 73.9 Å². The SMILES string of the molecule is CN1CCC(C)(CNC(=O)c2ncn[nH]2)CC1. The van der Waals surface area contributed by atoms with Crippen molar-refractivity contribution < 1.29 is 4.79 Å². The van der Waals surface area contributed by atoms with Gasteiger partial charge in [-0.3, -0.25) is 9.89 Å². The van der Waals surface area contributed by atoms with Crippen molar-refractivity contribution in [2.75, 3.05) is 26.7 Å². The molecule has 1 aliphatic heterocycles. The van der Waals surface area contributed by atoms with E-state index >= 15 is 0 Å². The second kappa shape index (κ2) is 4.83. The van der Waals surface area contributed by atoms with E-state index in [1.807, 2.05) is 0 Å². The van der Waals surface area contributed by atoms with Crippen LogP contribution in [0.15, 0.2) is 6.33 Å². The quantitative estimate of drug-likeness (QED) is 0.791. The molecule has 0 aromatic carbocycles. The first kappa shape index (κ1) is 12.0. The van der Waals surface area contributed by atoms with Crippen molar-refractivity contribution in [1.29, 1.82) is 0 Å². The first-order chi connectivity index (χ1) is 8.09. The Morgan fingerprint density at radius 3 is 2.88 bits per heavy atom. The predicted molar refractivity (Wildman–Crippen MR) is 63.6 cm³/mol. The van der Waals surface area contributed by atoms with Crippen LogP contribution in [0.2, 0.25) is 0 Å². The van der Waals surface area contributed by atoms with Crippen molar-refractivity contribution in [3.05, 3.63) is 12.2 Å². The van der Waals surface area contributed by atoms with Gasteiger partial charge in [-0.2, -0.15) is 5.10 Å².